The molecular weight excluding hydrogens is 360 g/mol. The molecule has 9 heteroatoms. The van der Waals surface area contributed by atoms with Crippen LogP contribution in [-0.2, 0) is 10.0 Å². The lowest BCUT2D eigenvalue weighted by atomic mass is 10.2. The average molecular weight is 373 g/mol. The highest BCUT2D eigenvalue weighted by Crippen LogP contribution is 2.31. The number of hydrogen-bond donors (Lipinski definition) is 1. The zero-order valence-electron chi connectivity index (χ0n) is 12.2. The summed E-state index contributed by atoms with van der Waals surface area (Å²) in [5.74, 6) is 0. The molecule has 2 aromatic rings. The third-order valence-corrected chi connectivity index (χ3v) is 5.73. The van der Waals surface area contributed by atoms with Gasteiger partial charge in [-0.15, -0.1) is 11.8 Å². The summed E-state index contributed by atoms with van der Waals surface area (Å²) in [4.78, 5) is 11.0. The van der Waals surface area contributed by atoms with Crippen molar-refractivity contribution in [3.05, 3.63) is 57.1 Å². The van der Waals surface area contributed by atoms with E-state index in [1.807, 2.05) is 0 Å². The number of nitro groups is 1. The van der Waals surface area contributed by atoms with Crippen molar-refractivity contribution in [1.82, 2.24) is 0 Å². The van der Waals surface area contributed by atoms with Crippen LogP contribution in [0.1, 0.15) is 5.56 Å². The predicted octanol–water partition coefficient (Wildman–Crippen LogP) is 4.08. The molecule has 0 bridgehead atoms. The van der Waals surface area contributed by atoms with E-state index in [9.17, 15) is 18.5 Å². The van der Waals surface area contributed by atoms with Crippen LogP contribution < -0.4 is 4.72 Å². The minimum atomic E-state index is -3.92. The maximum Gasteiger partial charge on any atom is 0.274 e. The Hall–Kier alpha value is -1.77. The van der Waals surface area contributed by atoms with Crippen LogP contribution in [0.3, 0.4) is 0 Å². The van der Waals surface area contributed by atoms with Crippen molar-refractivity contribution in [2.24, 2.45) is 0 Å². The monoisotopic (exact) mass is 372 g/mol. The molecule has 0 atom stereocenters. The fourth-order valence-corrected chi connectivity index (χ4v) is 4.51. The van der Waals surface area contributed by atoms with Crippen LogP contribution in [-0.4, -0.2) is 19.6 Å². The lowest BCUT2D eigenvalue weighted by molar-refractivity contribution is -0.385. The van der Waals surface area contributed by atoms with Crippen molar-refractivity contribution >= 4 is 44.8 Å². The van der Waals surface area contributed by atoms with Crippen molar-refractivity contribution in [2.45, 2.75) is 16.7 Å². The molecule has 0 spiro atoms. The van der Waals surface area contributed by atoms with Crippen LogP contribution in [0.15, 0.2) is 46.2 Å². The minimum Gasteiger partial charge on any atom is -0.279 e. The Morgan fingerprint density at radius 2 is 1.96 bits per heavy atom. The fourth-order valence-electron chi connectivity index (χ4n) is 1.99. The van der Waals surface area contributed by atoms with E-state index in [-0.39, 0.29) is 21.8 Å². The summed E-state index contributed by atoms with van der Waals surface area (Å²) in [6.07, 6.45) is 1.75. The number of rotatable bonds is 5. The second kappa shape index (κ2) is 6.77. The number of nitrogens with one attached hydrogen (secondary N) is 1. The lowest BCUT2D eigenvalue weighted by Gasteiger charge is -2.13. The van der Waals surface area contributed by atoms with Gasteiger partial charge in [0.05, 0.1) is 16.2 Å². The maximum absolute atomic E-state index is 12.6. The van der Waals surface area contributed by atoms with Crippen LogP contribution in [0, 0.1) is 17.0 Å². The quantitative estimate of drug-likeness (QED) is 0.485. The molecule has 0 aliphatic carbocycles. The predicted molar refractivity (Wildman–Crippen MR) is 91.9 cm³/mol. The largest absolute Gasteiger partial charge is 0.279 e. The number of halogens is 1. The molecule has 0 radical (unpaired) electrons. The van der Waals surface area contributed by atoms with Crippen LogP contribution >= 0.6 is 23.4 Å². The van der Waals surface area contributed by atoms with Crippen molar-refractivity contribution < 1.29 is 13.3 Å². The molecule has 0 aliphatic heterocycles. The summed E-state index contributed by atoms with van der Waals surface area (Å²) in [6, 6.07) is 8.79. The Bertz CT molecular complexity index is 869. The number of benzene rings is 2. The Labute approximate surface area is 143 Å². The molecule has 122 valence electrons. The first-order chi connectivity index (χ1) is 10.8. The normalized spacial score (nSPS) is 11.3. The number of sulfonamides is 1. The number of anilines is 1. The topological polar surface area (TPSA) is 89.3 Å². The smallest absolute Gasteiger partial charge is 0.274 e. The number of nitro benzene ring substituents is 1. The van der Waals surface area contributed by atoms with Gasteiger partial charge in [-0.1, -0.05) is 17.7 Å². The molecule has 0 saturated carbocycles. The Balaban J connectivity index is 2.50. The number of thioether (sulfide) groups is 1. The molecule has 0 amide bonds. The van der Waals surface area contributed by atoms with Gasteiger partial charge in [0.1, 0.15) is 4.90 Å². The van der Waals surface area contributed by atoms with E-state index in [0.29, 0.717) is 9.92 Å². The van der Waals surface area contributed by atoms with E-state index in [1.54, 1.807) is 18.4 Å². The van der Waals surface area contributed by atoms with E-state index >= 15 is 0 Å². The third kappa shape index (κ3) is 3.77. The van der Waals surface area contributed by atoms with Gasteiger partial charge >= 0.3 is 0 Å². The summed E-state index contributed by atoms with van der Waals surface area (Å²) in [7, 11) is -3.92. The molecule has 0 heterocycles. The summed E-state index contributed by atoms with van der Waals surface area (Å²) in [5.41, 5.74) is 0.251. The molecule has 6 nitrogen and oxygen atoms in total. The van der Waals surface area contributed by atoms with Gasteiger partial charge in [-0.3, -0.25) is 14.8 Å². The van der Waals surface area contributed by atoms with Crippen molar-refractivity contribution in [2.75, 3.05) is 11.0 Å². The second-order valence-electron chi connectivity index (χ2n) is 4.61. The van der Waals surface area contributed by atoms with Crippen molar-refractivity contribution in [3.8, 4) is 0 Å². The first-order valence-electron chi connectivity index (χ1n) is 6.36. The van der Waals surface area contributed by atoms with Gasteiger partial charge in [0, 0.05) is 16.0 Å². The van der Waals surface area contributed by atoms with Gasteiger partial charge in [-0.25, -0.2) is 8.42 Å². The highest BCUT2D eigenvalue weighted by Gasteiger charge is 2.22. The van der Waals surface area contributed by atoms with E-state index < -0.39 is 14.9 Å². The first kappa shape index (κ1) is 17.6. The summed E-state index contributed by atoms with van der Waals surface area (Å²) >= 11 is 7.16. The maximum atomic E-state index is 12.6. The van der Waals surface area contributed by atoms with Gasteiger partial charge in [0.15, 0.2) is 0 Å². The SMILES string of the molecule is CSc1ccc(Cl)cc1S(=O)(=O)Nc1cccc([N+](=O)[O-])c1C. The van der Waals surface area contributed by atoms with Crippen LogP contribution in [0.5, 0.6) is 0 Å². The molecule has 23 heavy (non-hydrogen) atoms. The number of nitrogens with zero attached hydrogens (tertiary/aromatic N) is 1. The van der Waals surface area contributed by atoms with Crippen LogP contribution in [0.2, 0.25) is 5.02 Å². The van der Waals surface area contributed by atoms with Gasteiger partial charge in [-0.05, 0) is 37.4 Å². The molecule has 2 rings (SSSR count). The highest BCUT2D eigenvalue weighted by atomic mass is 35.5. The van der Waals surface area contributed by atoms with Crippen molar-refractivity contribution in [1.29, 1.82) is 0 Å². The number of hydrogen-bond acceptors (Lipinski definition) is 5. The summed E-state index contributed by atoms with van der Waals surface area (Å²) in [6.45, 7) is 1.49. The van der Waals surface area contributed by atoms with E-state index in [2.05, 4.69) is 4.72 Å². The van der Waals surface area contributed by atoms with E-state index in [0.717, 1.165) is 0 Å². The van der Waals surface area contributed by atoms with Crippen LogP contribution in [0.4, 0.5) is 11.4 Å². The fraction of sp³-hybridized carbons (Fsp3) is 0.143. The molecule has 1 N–H and O–H groups in total. The van der Waals surface area contributed by atoms with Gasteiger partial charge in [0.25, 0.3) is 15.7 Å². The Morgan fingerprint density at radius 1 is 1.26 bits per heavy atom. The molecule has 0 aliphatic rings. The first-order valence-corrected chi connectivity index (χ1v) is 9.45. The summed E-state index contributed by atoms with van der Waals surface area (Å²) in [5, 5.41) is 11.3. The second-order valence-corrected chi connectivity index (χ2v) is 7.54. The molecule has 0 fully saturated rings. The average Bonchev–Trinajstić information content (AvgIpc) is 2.49. The van der Waals surface area contributed by atoms with Gasteiger partial charge in [0.2, 0.25) is 0 Å². The van der Waals surface area contributed by atoms with Gasteiger partial charge < -0.3 is 0 Å². The standard InChI is InChI=1S/C14H13ClN2O4S2/c1-9-11(4-3-5-12(9)17(18)19)16-23(20,21)14-8-10(15)6-7-13(14)22-2/h3-8,16H,1-2H3. The molecule has 2 aromatic carbocycles. The van der Waals surface area contributed by atoms with E-state index in [4.69, 9.17) is 11.6 Å². The minimum absolute atomic E-state index is 0.0309. The molecule has 0 aromatic heterocycles. The zero-order valence-corrected chi connectivity index (χ0v) is 14.6. The Morgan fingerprint density at radius 3 is 2.57 bits per heavy atom. The van der Waals surface area contributed by atoms with Crippen molar-refractivity contribution in [3.63, 3.8) is 0 Å². The zero-order chi connectivity index (χ0) is 17.2. The third-order valence-electron chi connectivity index (χ3n) is 3.16. The molecule has 0 saturated heterocycles. The Kier molecular flexibility index (Phi) is 5.18. The lowest BCUT2D eigenvalue weighted by Crippen LogP contribution is -2.15. The van der Waals surface area contributed by atoms with Crippen LogP contribution in [0.25, 0.3) is 0 Å². The molecule has 0 unspecified atom stereocenters. The summed E-state index contributed by atoms with van der Waals surface area (Å²) < 4.78 is 27.6. The van der Waals surface area contributed by atoms with Gasteiger partial charge in [-0.2, -0.15) is 0 Å². The highest BCUT2D eigenvalue weighted by molar-refractivity contribution is 7.99. The molecular formula is C14H13ClN2O4S2. The van der Waals surface area contributed by atoms with E-state index in [1.165, 1.54) is 43.0 Å².